The fraction of sp³-hybridized carbons (Fsp3) is 0.321. The van der Waals surface area contributed by atoms with E-state index in [1.807, 2.05) is 76.2 Å². The van der Waals surface area contributed by atoms with Crippen LogP contribution >= 0.6 is 23.1 Å². The number of thiophene rings is 1. The van der Waals surface area contributed by atoms with Crippen molar-refractivity contribution < 1.29 is 14.3 Å². The van der Waals surface area contributed by atoms with E-state index in [1.165, 1.54) is 23.1 Å². The number of benzene rings is 2. The third-order valence-electron chi connectivity index (χ3n) is 6.11. The Balaban J connectivity index is 1.54. The fourth-order valence-electron chi connectivity index (χ4n) is 4.41. The predicted octanol–water partition coefficient (Wildman–Crippen LogP) is 5.74. The number of anilines is 1. The Labute approximate surface area is 223 Å². The highest BCUT2D eigenvalue weighted by atomic mass is 32.2. The topological polar surface area (TPSA) is 82.5 Å². The lowest BCUT2D eigenvalue weighted by molar-refractivity contribution is -0.113. The number of hydrogen-bond acceptors (Lipinski definition) is 7. The zero-order valence-corrected chi connectivity index (χ0v) is 22.9. The molecule has 0 radical (unpaired) electrons. The average molecular weight is 536 g/mol. The van der Waals surface area contributed by atoms with Crippen LogP contribution in [0, 0.1) is 6.92 Å². The lowest BCUT2D eigenvalue weighted by Crippen LogP contribution is -2.32. The fourth-order valence-corrected chi connectivity index (χ4v) is 6.36. The van der Waals surface area contributed by atoms with Crippen molar-refractivity contribution >= 4 is 44.9 Å². The Hall–Kier alpha value is -3.14. The smallest absolute Gasteiger partial charge is 0.267 e. The zero-order chi connectivity index (χ0) is 26.2. The average Bonchev–Trinajstić information content (AvgIpc) is 3.20. The number of thioether (sulfide) groups is 1. The van der Waals surface area contributed by atoms with Crippen LogP contribution in [0.5, 0.6) is 5.75 Å². The van der Waals surface area contributed by atoms with Gasteiger partial charge in [0.2, 0.25) is 5.91 Å². The lowest BCUT2D eigenvalue weighted by atomic mass is 9.94. The van der Waals surface area contributed by atoms with Gasteiger partial charge in [0.1, 0.15) is 10.6 Å². The van der Waals surface area contributed by atoms with Crippen LogP contribution in [-0.4, -0.2) is 33.4 Å². The number of nitrogens with zero attached hydrogens (tertiary/aromatic N) is 2. The highest BCUT2D eigenvalue weighted by Crippen LogP contribution is 2.38. The number of aryl methyl sites for hydroxylation is 1. The third-order valence-corrected chi connectivity index (χ3v) is 8.15. The molecule has 5 rings (SSSR count). The Morgan fingerprint density at radius 3 is 2.76 bits per heavy atom. The molecule has 0 unspecified atom stereocenters. The second-order valence-corrected chi connectivity index (χ2v) is 11.6. The molecule has 0 fully saturated rings. The normalized spacial score (nSPS) is 14.4. The predicted molar refractivity (Wildman–Crippen MR) is 149 cm³/mol. The Morgan fingerprint density at radius 1 is 1.24 bits per heavy atom. The highest BCUT2D eigenvalue weighted by Gasteiger charge is 2.31. The van der Waals surface area contributed by atoms with Gasteiger partial charge in [-0.25, -0.2) is 4.98 Å². The number of hydrogen-bond donors (Lipinski definition) is 1. The summed E-state index contributed by atoms with van der Waals surface area (Å²) >= 11 is 2.74. The summed E-state index contributed by atoms with van der Waals surface area (Å²) in [6.45, 7) is 9.00. The summed E-state index contributed by atoms with van der Waals surface area (Å²) in [5.41, 5.74) is 3.02. The Bertz CT molecular complexity index is 1520. The second kappa shape index (κ2) is 10.3. The highest BCUT2D eigenvalue weighted by molar-refractivity contribution is 7.99. The first kappa shape index (κ1) is 25.5. The van der Waals surface area contributed by atoms with Crippen LogP contribution in [0.3, 0.4) is 0 Å². The number of fused-ring (bicyclic) bond motifs is 3. The van der Waals surface area contributed by atoms with Crippen LogP contribution in [0.1, 0.15) is 36.8 Å². The van der Waals surface area contributed by atoms with Crippen LogP contribution in [0.15, 0.2) is 58.5 Å². The molecule has 1 N–H and O–H groups in total. The minimum atomic E-state index is -0.348. The van der Waals surface area contributed by atoms with E-state index in [1.54, 1.807) is 4.57 Å². The SMILES string of the molecule is CCOc1ccc(-n2c(SCC(=O)Nc3cccc(C)c3)nc3sc4c(c3c2=O)CC(C)(C)OC4)cc1. The maximum atomic E-state index is 14.0. The van der Waals surface area contributed by atoms with Crippen molar-refractivity contribution in [1.29, 1.82) is 0 Å². The molecule has 0 saturated heterocycles. The van der Waals surface area contributed by atoms with Crippen LogP contribution in [0.4, 0.5) is 5.69 Å². The first-order chi connectivity index (χ1) is 17.7. The number of nitrogens with one attached hydrogen (secondary N) is 1. The molecule has 192 valence electrons. The van der Waals surface area contributed by atoms with Crippen molar-refractivity contribution in [2.75, 3.05) is 17.7 Å². The standard InChI is InChI=1S/C28H29N3O4S2/c1-5-34-20-11-9-19(10-12-20)31-26(33)24-21-14-28(3,4)35-15-22(21)37-25(24)30-27(31)36-16-23(32)29-18-8-6-7-17(2)13-18/h6-13H,5,14-16H2,1-4H3,(H,29,32). The number of carbonyl (C=O) groups excluding carboxylic acids is 1. The van der Waals surface area contributed by atoms with Gasteiger partial charge in [0.05, 0.1) is 35.6 Å². The molecule has 0 aliphatic carbocycles. The van der Waals surface area contributed by atoms with Crippen molar-refractivity contribution in [2.24, 2.45) is 0 Å². The van der Waals surface area contributed by atoms with E-state index in [4.69, 9.17) is 14.5 Å². The monoisotopic (exact) mass is 535 g/mol. The molecular formula is C28H29N3O4S2. The van der Waals surface area contributed by atoms with Gasteiger partial charge in [0.15, 0.2) is 5.16 Å². The molecule has 3 heterocycles. The summed E-state index contributed by atoms with van der Waals surface area (Å²) in [6.07, 6.45) is 0.647. The molecular weight excluding hydrogens is 506 g/mol. The molecule has 1 aliphatic heterocycles. The Morgan fingerprint density at radius 2 is 2.03 bits per heavy atom. The van der Waals surface area contributed by atoms with Gasteiger partial charge in [-0.3, -0.25) is 14.2 Å². The minimum Gasteiger partial charge on any atom is -0.494 e. The maximum absolute atomic E-state index is 14.0. The van der Waals surface area contributed by atoms with E-state index < -0.39 is 0 Å². The summed E-state index contributed by atoms with van der Waals surface area (Å²) in [5.74, 6) is 0.681. The molecule has 7 nitrogen and oxygen atoms in total. The summed E-state index contributed by atoms with van der Waals surface area (Å²) in [4.78, 5) is 33.4. The molecule has 0 bridgehead atoms. The summed E-state index contributed by atoms with van der Waals surface area (Å²) in [7, 11) is 0. The van der Waals surface area contributed by atoms with E-state index in [9.17, 15) is 9.59 Å². The lowest BCUT2D eigenvalue weighted by Gasteiger charge is -2.29. The van der Waals surface area contributed by atoms with E-state index in [-0.39, 0.29) is 22.8 Å². The minimum absolute atomic E-state index is 0.115. The number of rotatable bonds is 7. The summed E-state index contributed by atoms with van der Waals surface area (Å²) < 4.78 is 13.2. The molecule has 0 atom stereocenters. The van der Waals surface area contributed by atoms with Gasteiger partial charge >= 0.3 is 0 Å². The maximum Gasteiger partial charge on any atom is 0.267 e. The molecule has 2 aromatic carbocycles. The number of aromatic nitrogens is 2. The van der Waals surface area contributed by atoms with Gasteiger partial charge in [0, 0.05) is 17.0 Å². The summed E-state index contributed by atoms with van der Waals surface area (Å²) in [5, 5.41) is 4.04. The molecule has 1 amide bonds. The second-order valence-electron chi connectivity index (χ2n) is 9.58. The Kier molecular flexibility index (Phi) is 7.11. The molecule has 2 aromatic heterocycles. The quantitative estimate of drug-likeness (QED) is 0.240. The van der Waals surface area contributed by atoms with E-state index >= 15 is 0 Å². The molecule has 37 heavy (non-hydrogen) atoms. The van der Waals surface area contributed by atoms with E-state index in [0.717, 1.165) is 27.4 Å². The van der Waals surface area contributed by atoms with Crippen LogP contribution in [0.2, 0.25) is 0 Å². The van der Waals surface area contributed by atoms with Crippen molar-refractivity contribution in [3.8, 4) is 11.4 Å². The van der Waals surface area contributed by atoms with Crippen molar-refractivity contribution in [2.45, 2.75) is 51.5 Å². The number of amides is 1. The first-order valence-electron chi connectivity index (χ1n) is 12.2. The van der Waals surface area contributed by atoms with Gasteiger partial charge in [-0.05, 0) is 75.2 Å². The van der Waals surface area contributed by atoms with Crippen molar-refractivity contribution in [3.63, 3.8) is 0 Å². The molecule has 0 spiro atoms. The number of carbonyl (C=O) groups is 1. The van der Waals surface area contributed by atoms with Crippen LogP contribution < -0.4 is 15.6 Å². The van der Waals surface area contributed by atoms with Crippen LogP contribution in [-0.2, 0) is 22.6 Å². The van der Waals surface area contributed by atoms with Gasteiger partial charge in [0.25, 0.3) is 5.56 Å². The molecule has 0 saturated carbocycles. The molecule has 9 heteroatoms. The van der Waals surface area contributed by atoms with Gasteiger partial charge < -0.3 is 14.8 Å². The largest absolute Gasteiger partial charge is 0.494 e. The van der Waals surface area contributed by atoms with Crippen LogP contribution in [0.25, 0.3) is 15.9 Å². The zero-order valence-electron chi connectivity index (χ0n) is 21.3. The first-order valence-corrected chi connectivity index (χ1v) is 14.0. The van der Waals surface area contributed by atoms with Crippen molar-refractivity contribution in [1.82, 2.24) is 9.55 Å². The molecule has 1 aliphatic rings. The van der Waals surface area contributed by atoms with Gasteiger partial charge in [-0.15, -0.1) is 11.3 Å². The molecule has 4 aromatic rings. The number of ether oxygens (including phenoxy) is 2. The van der Waals surface area contributed by atoms with E-state index in [0.29, 0.717) is 40.7 Å². The van der Waals surface area contributed by atoms with E-state index in [2.05, 4.69) is 5.32 Å². The third kappa shape index (κ3) is 5.44. The van der Waals surface area contributed by atoms with Gasteiger partial charge in [-0.2, -0.15) is 0 Å². The van der Waals surface area contributed by atoms with Gasteiger partial charge in [-0.1, -0.05) is 23.9 Å². The summed E-state index contributed by atoms with van der Waals surface area (Å²) in [6, 6.07) is 15.0. The van der Waals surface area contributed by atoms with Crippen molar-refractivity contribution in [3.05, 3.63) is 74.9 Å².